The van der Waals surface area contributed by atoms with Crippen LogP contribution in [-0.2, 0) is 0 Å². The van der Waals surface area contributed by atoms with Gasteiger partial charge in [0.25, 0.3) is 11.6 Å². The van der Waals surface area contributed by atoms with Gasteiger partial charge in [-0.1, -0.05) is 42.5 Å². The van der Waals surface area contributed by atoms with Gasteiger partial charge in [-0.3, -0.25) is 14.9 Å². The van der Waals surface area contributed by atoms with Gasteiger partial charge in [-0.15, -0.1) is 0 Å². The van der Waals surface area contributed by atoms with Gasteiger partial charge in [0.2, 0.25) is 0 Å². The predicted octanol–water partition coefficient (Wildman–Crippen LogP) is 5.19. The molecule has 29 heavy (non-hydrogen) atoms. The van der Waals surface area contributed by atoms with Crippen molar-refractivity contribution in [2.45, 2.75) is 25.4 Å². The van der Waals surface area contributed by atoms with E-state index in [-0.39, 0.29) is 23.7 Å². The maximum absolute atomic E-state index is 13.6. The molecule has 1 amide bonds. The Hall–Kier alpha value is -3.67. The molecule has 3 aromatic rings. The maximum Gasteiger partial charge on any atom is 0.270 e. The second-order valence-electron chi connectivity index (χ2n) is 7.20. The lowest BCUT2D eigenvalue weighted by molar-refractivity contribution is -0.384. The molecule has 2 atom stereocenters. The molecule has 0 radical (unpaired) electrons. The number of carbonyl (C=O) groups is 1. The van der Waals surface area contributed by atoms with E-state index in [4.69, 9.17) is 0 Å². The van der Waals surface area contributed by atoms with E-state index in [0.29, 0.717) is 5.56 Å². The van der Waals surface area contributed by atoms with Gasteiger partial charge in [-0.05, 0) is 43.2 Å². The van der Waals surface area contributed by atoms with Crippen molar-refractivity contribution in [3.63, 3.8) is 0 Å². The van der Waals surface area contributed by atoms with Crippen LogP contribution in [0.25, 0.3) is 0 Å². The van der Waals surface area contributed by atoms with Crippen LogP contribution in [0, 0.1) is 10.1 Å². The number of nitro benzene ring substituents is 1. The molecule has 0 fully saturated rings. The minimum absolute atomic E-state index is 0.0945. The maximum atomic E-state index is 13.6. The number of rotatable bonds is 4. The Morgan fingerprint density at radius 2 is 1.76 bits per heavy atom. The molecule has 3 aromatic carbocycles. The van der Waals surface area contributed by atoms with Crippen molar-refractivity contribution in [1.29, 1.82) is 0 Å². The summed E-state index contributed by atoms with van der Waals surface area (Å²) in [6, 6.07) is 23.3. The summed E-state index contributed by atoms with van der Waals surface area (Å²) in [5.74, 6) is -0.256. The quantitative estimate of drug-likeness (QED) is 0.494. The van der Waals surface area contributed by atoms with Gasteiger partial charge in [-0.25, -0.2) is 0 Å². The molecule has 1 aliphatic rings. The molecule has 6 nitrogen and oxygen atoms in total. The molecule has 0 aliphatic carbocycles. The highest BCUT2D eigenvalue weighted by atomic mass is 16.6. The van der Waals surface area contributed by atoms with Crippen LogP contribution in [0.5, 0.6) is 0 Å². The third kappa shape index (κ3) is 3.69. The van der Waals surface area contributed by atoms with Gasteiger partial charge < -0.3 is 10.2 Å². The summed E-state index contributed by atoms with van der Waals surface area (Å²) < 4.78 is 0. The van der Waals surface area contributed by atoms with E-state index in [9.17, 15) is 14.9 Å². The van der Waals surface area contributed by atoms with Crippen molar-refractivity contribution >= 4 is 23.0 Å². The summed E-state index contributed by atoms with van der Waals surface area (Å²) in [7, 11) is 0. The predicted molar refractivity (Wildman–Crippen MR) is 113 cm³/mol. The Morgan fingerprint density at radius 3 is 2.52 bits per heavy atom. The number of para-hydroxylation sites is 2. The molecule has 0 aromatic heterocycles. The Balaban J connectivity index is 1.83. The molecule has 1 N–H and O–H groups in total. The van der Waals surface area contributed by atoms with Gasteiger partial charge in [0.1, 0.15) is 0 Å². The molecule has 0 spiro atoms. The van der Waals surface area contributed by atoms with Crippen molar-refractivity contribution in [2.75, 3.05) is 10.2 Å². The molecular weight excluding hydrogens is 366 g/mol. The minimum Gasteiger partial charge on any atom is -0.382 e. The first-order chi connectivity index (χ1) is 14.0. The third-order valence-corrected chi connectivity index (χ3v) is 5.17. The van der Waals surface area contributed by atoms with E-state index in [0.717, 1.165) is 23.4 Å². The van der Waals surface area contributed by atoms with Gasteiger partial charge >= 0.3 is 0 Å². The van der Waals surface area contributed by atoms with Crippen LogP contribution in [0.15, 0.2) is 78.9 Å². The monoisotopic (exact) mass is 387 g/mol. The van der Waals surface area contributed by atoms with Crippen molar-refractivity contribution in [1.82, 2.24) is 0 Å². The lowest BCUT2D eigenvalue weighted by Crippen LogP contribution is -2.40. The zero-order valence-electron chi connectivity index (χ0n) is 16.0. The number of carbonyl (C=O) groups excluding carboxylic acids is 1. The van der Waals surface area contributed by atoms with Crippen LogP contribution in [0.3, 0.4) is 0 Å². The molecule has 0 unspecified atom stereocenters. The van der Waals surface area contributed by atoms with E-state index < -0.39 is 4.92 Å². The van der Waals surface area contributed by atoms with E-state index in [1.54, 1.807) is 17.0 Å². The number of benzene rings is 3. The zero-order chi connectivity index (χ0) is 20.4. The standard InChI is InChI=1S/C23H21N3O3/c1-16-14-22(20-12-5-6-13-21(20)24-16)25(18-9-3-2-4-10-18)23(27)17-8-7-11-19(15-17)26(28)29/h2-13,15-16,22,24H,14H2,1H3/t16-,22+/m1/s1. The van der Waals surface area contributed by atoms with Crippen LogP contribution in [-0.4, -0.2) is 16.9 Å². The lowest BCUT2D eigenvalue weighted by atomic mass is 9.91. The van der Waals surface area contributed by atoms with E-state index in [1.807, 2.05) is 54.6 Å². The van der Waals surface area contributed by atoms with Crippen molar-refractivity contribution < 1.29 is 9.72 Å². The highest BCUT2D eigenvalue weighted by molar-refractivity contribution is 6.07. The Kier molecular flexibility index (Phi) is 4.99. The summed E-state index contributed by atoms with van der Waals surface area (Å²) in [5, 5.41) is 14.7. The van der Waals surface area contributed by atoms with Crippen molar-refractivity contribution in [3.8, 4) is 0 Å². The number of amides is 1. The van der Waals surface area contributed by atoms with E-state index in [1.165, 1.54) is 12.1 Å². The van der Waals surface area contributed by atoms with Crippen LogP contribution in [0.4, 0.5) is 17.1 Å². The van der Waals surface area contributed by atoms with Crippen molar-refractivity contribution in [2.24, 2.45) is 0 Å². The topological polar surface area (TPSA) is 75.5 Å². The molecule has 0 saturated heterocycles. The second kappa shape index (κ2) is 7.75. The first kappa shape index (κ1) is 18.7. The van der Waals surface area contributed by atoms with Crippen LogP contribution < -0.4 is 10.2 Å². The van der Waals surface area contributed by atoms with Gasteiger partial charge in [0.05, 0.1) is 11.0 Å². The average Bonchev–Trinajstić information content (AvgIpc) is 2.74. The SMILES string of the molecule is C[C@@H]1C[C@H](N(C(=O)c2cccc([N+](=O)[O-])c2)c2ccccc2)c2ccccc2N1. The lowest BCUT2D eigenvalue weighted by Gasteiger charge is -2.39. The second-order valence-corrected chi connectivity index (χ2v) is 7.20. The third-order valence-electron chi connectivity index (χ3n) is 5.17. The summed E-state index contributed by atoms with van der Waals surface area (Å²) in [6.45, 7) is 2.09. The highest BCUT2D eigenvalue weighted by Gasteiger charge is 2.33. The highest BCUT2D eigenvalue weighted by Crippen LogP contribution is 2.39. The molecule has 0 saturated carbocycles. The van der Waals surface area contributed by atoms with Gasteiger partial charge in [0, 0.05) is 35.1 Å². The molecule has 1 heterocycles. The van der Waals surface area contributed by atoms with Gasteiger partial charge in [0.15, 0.2) is 0 Å². The van der Waals surface area contributed by atoms with Crippen LogP contribution in [0.2, 0.25) is 0 Å². The fraction of sp³-hybridized carbons (Fsp3) is 0.174. The van der Waals surface area contributed by atoms with Crippen LogP contribution in [0.1, 0.15) is 35.3 Å². The number of hydrogen-bond donors (Lipinski definition) is 1. The number of hydrogen-bond acceptors (Lipinski definition) is 4. The largest absolute Gasteiger partial charge is 0.382 e. The number of nitro groups is 1. The molecule has 0 bridgehead atoms. The molecule has 1 aliphatic heterocycles. The summed E-state index contributed by atoms with van der Waals surface area (Å²) in [5.41, 5.74) is 3.00. The molecule has 146 valence electrons. The van der Waals surface area contributed by atoms with Crippen LogP contribution >= 0.6 is 0 Å². The smallest absolute Gasteiger partial charge is 0.270 e. The van der Waals surface area contributed by atoms with E-state index in [2.05, 4.69) is 12.2 Å². The zero-order valence-corrected chi connectivity index (χ0v) is 16.0. The average molecular weight is 387 g/mol. The molecular formula is C23H21N3O3. The Bertz CT molecular complexity index is 1050. The number of anilines is 2. The molecule has 4 rings (SSSR count). The fourth-order valence-corrected chi connectivity index (χ4v) is 3.87. The van der Waals surface area contributed by atoms with Crippen molar-refractivity contribution in [3.05, 3.63) is 100 Å². The first-order valence-corrected chi connectivity index (χ1v) is 9.53. The fourth-order valence-electron chi connectivity index (χ4n) is 3.87. The first-order valence-electron chi connectivity index (χ1n) is 9.53. The number of non-ortho nitro benzene ring substituents is 1. The van der Waals surface area contributed by atoms with E-state index >= 15 is 0 Å². The Morgan fingerprint density at radius 1 is 1.03 bits per heavy atom. The normalized spacial score (nSPS) is 17.7. The summed E-state index contributed by atoms with van der Waals surface area (Å²) in [6.07, 6.45) is 0.729. The number of nitrogens with zero attached hydrogens (tertiary/aromatic N) is 2. The number of fused-ring (bicyclic) bond motifs is 1. The van der Waals surface area contributed by atoms with Gasteiger partial charge in [-0.2, -0.15) is 0 Å². The molecule has 6 heteroatoms. The Labute approximate surface area is 168 Å². The summed E-state index contributed by atoms with van der Waals surface area (Å²) in [4.78, 5) is 26.1. The summed E-state index contributed by atoms with van der Waals surface area (Å²) >= 11 is 0. The minimum atomic E-state index is -0.481. The number of nitrogens with one attached hydrogen (secondary N) is 1.